The van der Waals surface area contributed by atoms with Gasteiger partial charge in [0.2, 0.25) is 5.95 Å². The SMILES string of the molecule is Cc1ccc(NC(=O)COc2ccc(Br)cc2-c2nc(N)nc(N)c2C#N)cc1. The first-order valence-electron chi connectivity index (χ1n) is 8.49. The Hall–Kier alpha value is -3.64. The molecular formula is C20H17BrN6O2. The van der Waals surface area contributed by atoms with E-state index in [1.165, 1.54) is 0 Å². The van der Waals surface area contributed by atoms with Crippen molar-refractivity contribution < 1.29 is 9.53 Å². The summed E-state index contributed by atoms with van der Waals surface area (Å²) in [5, 5.41) is 12.2. The topological polar surface area (TPSA) is 140 Å². The number of nitrogen functional groups attached to an aromatic ring is 2. The van der Waals surface area contributed by atoms with Crippen LogP contribution < -0.4 is 21.5 Å². The predicted molar refractivity (Wildman–Crippen MR) is 114 cm³/mol. The summed E-state index contributed by atoms with van der Waals surface area (Å²) in [6.45, 7) is 1.73. The van der Waals surface area contributed by atoms with Crippen LogP contribution in [0, 0.1) is 18.3 Å². The third-order valence-electron chi connectivity index (χ3n) is 3.96. The van der Waals surface area contributed by atoms with Crippen molar-refractivity contribution in [3.8, 4) is 23.1 Å². The van der Waals surface area contributed by atoms with Gasteiger partial charge in [-0.25, -0.2) is 4.98 Å². The number of carbonyl (C=O) groups is 1. The van der Waals surface area contributed by atoms with Crippen LogP contribution in [0.2, 0.25) is 0 Å². The van der Waals surface area contributed by atoms with Crippen LogP contribution in [0.1, 0.15) is 11.1 Å². The first-order chi connectivity index (χ1) is 13.9. The molecule has 0 unspecified atom stereocenters. The van der Waals surface area contributed by atoms with E-state index in [1.54, 1.807) is 18.2 Å². The summed E-state index contributed by atoms with van der Waals surface area (Å²) in [5.74, 6) is -0.0798. The normalized spacial score (nSPS) is 10.2. The van der Waals surface area contributed by atoms with Crippen molar-refractivity contribution in [3.05, 3.63) is 58.1 Å². The van der Waals surface area contributed by atoms with Crippen LogP contribution in [0.5, 0.6) is 5.75 Å². The monoisotopic (exact) mass is 452 g/mol. The van der Waals surface area contributed by atoms with Gasteiger partial charge in [0.1, 0.15) is 23.2 Å². The van der Waals surface area contributed by atoms with E-state index < -0.39 is 0 Å². The van der Waals surface area contributed by atoms with Crippen LogP contribution in [-0.2, 0) is 4.79 Å². The standard InChI is InChI=1S/C20H17BrN6O2/c1-11-2-5-13(6-3-11)25-17(28)10-29-16-7-4-12(21)8-14(16)18-15(9-22)19(23)27-20(24)26-18/h2-8H,10H2,1H3,(H,25,28)(H4,23,24,26,27). The van der Waals surface area contributed by atoms with Crippen molar-refractivity contribution in [2.75, 3.05) is 23.4 Å². The number of nitriles is 1. The molecule has 0 radical (unpaired) electrons. The molecule has 0 spiro atoms. The second kappa shape index (κ2) is 8.58. The largest absolute Gasteiger partial charge is 0.483 e. The molecule has 29 heavy (non-hydrogen) atoms. The molecule has 0 bridgehead atoms. The third kappa shape index (κ3) is 4.80. The number of rotatable bonds is 5. The van der Waals surface area contributed by atoms with Crippen LogP contribution in [0.15, 0.2) is 46.9 Å². The number of hydrogen-bond acceptors (Lipinski definition) is 7. The van der Waals surface area contributed by atoms with E-state index in [9.17, 15) is 10.1 Å². The second-order valence-corrected chi connectivity index (χ2v) is 7.06. The van der Waals surface area contributed by atoms with E-state index >= 15 is 0 Å². The van der Waals surface area contributed by atoms with Gasteiger partial charge >= 0.3 is 0 Å². The fourth-order valence-corrected chi connectivity index (χ4v) is 2.95. The van der Waals surface area contributed by atoms with E-state index in [2.05, 4.69) is 31.2 Å². The van der Waals surface area contributed by atoms with Crippen LogP contribution in [0.25, 0.3) is 11.3 Å². The van der Waals surface area contributed by atoms with Crippen molar-refractivity contribution in [2.45, 2.75) is 6.92 Å². The third-order valence-corrected chi connectivity index (χ3v) is 4.45. The maximum atomic E-state index is 12.3. The molecule has 3 rings (SSSR count). The summed E-state index contributed by atoms with van der Waals surface area (Å²) < 4.78 is 6.42. The molecule has 1 amide bonds. The molecule has 5 N–H and O–H groups in total. The summed E-state index contributed by atoms with van der Waals surface area (Å²) in [5.41, 5.74) is 14.0. The van der Waals surface area contributed by atoms with Crippen LogP contribution in [0.4, 0.5) is 17.5 Å². The summed E-state index contributed by atoms with van der Waals surface area (Å²) in [6, 6.07) is 14.5. The van der Waals surface area contributed by atoms with E-state index in [0.717, 1.165) is 10.0 Å². The highest BCUT2D eigenvalue weighted by atomic mass is 79.9. The maximum absolute atomic E-state index is 12.3. The number of halogens is 1. The van der Waals surface area contributed by atoms with Gasteiger partial charge in [0.25, 0.3) is 5.91 Å². The molecule has 0 saturated heterocycles. The first kappa shape index (κ1) is 20.1. The zero-order chi connectivity index (χ0) is 21.0. The van der Waals surface area contributed by atoms with Crippen molar-refractivity contribution in [1.82, 2.24) is 9.97 Å². The van der Waals surface area contributed by atoms with Crippen LogP contribution in [0.3, 0.4) is 0 Å². The molecule has 3 aromatic rings. The Morgan fingerprint density at radius 2 is 1.93 bits per heavy atom. The number of nitrogens with one attached hydrogen (secondary N) is 1. The number of hydrogen-bond donors (Lipinski definition) is 3. The average molecular weight is 453 g/mol. The summed E-state index contributed by atoms with van der Waals surface area (Å²) in [4.78, 5) is 20.2. The maximum Gasteiger partial charge on any atom is 0.262 e. The van der Waals surface area contributed by atoms with Crippen LogP contribution >= 0.6 is 15.9 Å². The smallest absolute Gasteiger partial charge is 0.262 e. The zero-order valence-electron chi connectivity index (χ0n) is 15.4. The quantitative estimate of drug-likeness (QED) is 0.539. The minimum Gasteiger partial charge on any atom is -0.483 e. The van der Waals surface area contributed by atoms with Crippen molar-refractivity contribution in [3.63, 3.8) is 0 Å². The Labute approximate surface area is 175 Å². The molecule has 146 valence electrons. The van der Waals surface area contributed by atoms with Gasteiger partial charge in [-0.05, 0) is 37.3 Å². The van der Waals surface area contributed by atoms with Gasteiger partial charge in [-0.3, -0.25) is 4.79 Å². The van der Waals surface area contributed by atoms with Gasteiger partial charge in [-0.1, -0.05) is 33.6 Å². The Balaban J connectivity index is 1.86. The molecule has 0 aliphatic rings. The molecule has 1 heterocycles. The fourth-order valence-electron chi connectivity index (χ4n) is 2.59. The lowest BCUT2D eigenvalue weighted by Gasteiger charge is -2.14. The highest BCUT2D eigenvalue weighted by molar-refractivity contribution is 9.10. The van der Waals surface area contributed by atoms with Gasteiger partial charge in [0.15, 0.2) is 6.61 Å². The van der Waals surface area contributed by atoms with Gasteiger partial charge < -0.3 is 21.5 Å². The Morgan fingerprint density at radius 1 is 1.21 bits per heavy atom. The number of nitrogens with zero attached hydrogens (tertiary/aromatic N) is 3. The molecule has 2 aromatic carbocycles. The van der Waals surface area contributed by atoms with E-state index in [-0.39, 0.29) is 35.5 Å². The average Bonchev–Trinajstić information content (AvgIpc) is 2.68. The number of aryl methyl sites for hydroxylation is 1. The van der Waals surface area contributed by atoms with E-state index in [0.29, 0.717) is 17.0 Å². The number of amides is 1. The Kier molecular flexibility index (Phi) is 5.95. The van der Waals surface area contributed by atoms with Crippen molar-refractivity contribution in [2.24, 2.45) is 0 Å². The zero-order valence-corrected chi connectivity index (χ0v) is 17.0. The Morgan fingerprint density at radius 3 is 2.62 bits per heavy atom. The number of aromatic nitrogens is 2. The second-order valence-electron chi connectivity index (χ2n) is 6.15. The van der Waals surface area contributed by atoms with Gasteiger partial charge in [-0.15, -0.1) is 0 Å². The number of carbonyl (C=O) groups excluding carboxylic acids is 1. The Bertz CT molecular complexity index is 1110. The molecule has 0 saturated carbocycles. The molecule has 1 aromatic heterocycles. The molecule has 0 atom stereocenters. The molecule has 0 aliphatic carbocycles. The van der Waals surface area contributed by atoms with Gasteiger partial charge in [0, 0.05) is 15.7 Å². The summed E-state index contributed by atoms with van der Waals surface area (Å²) in [6.07, 6.45) is 0. The van der Waals surface area contributed by atoms with E-state index in [4.69, 9.17) is 16.2 Å². The summed E-state index contributed by atoms with van der Waals surface area (Å²) >= 11 is 3.38. The number of benzene rings is 2. The van der Waals surface area contributed by atoms with Crippen LogP contribution in [-0.4, -0.2) is 22.5 Å². The highest BCUT2D eigenvalue weighted by Crippen LogP contribution is 2.35. The van der Waals surface area contributed by atoms with Gasteiger partial charge in [0.05, 0.1) is 5.69 Å². The minimum absolute atomic E-state index is 0.0296. The first-order valence-corrected chi connectivity index (χ1v) is 9.29. The predicted octanol–water partition coefficient (Wildman–Crippen LogP) is 3.27. The number of nitrogens with two attached hydrogens (primary N) is 2. The van der Waals surface area contributed by atoms with Crippen molar-refractivity contribution >= 4 is 39.3 Å². The molecule has 0 fully saturated rings. The molecule has 0 aliphatic heterocycles. The van der Waals surface area contributed by atoms with Crippen molar-refractivity contribution in [1.29, 1.82) is 5.26 Å². The highest BCUT2D eigenvalue weighted by Gasteiger charge is 2.18. The lowest BCUT2D eigenvalue weighted by molar-refractivity contribution is -0.118. The number of anilines is 3. The van der Waals surface area contributed by atoms with Gasteiger partial charge in [-0.2, -0.15) is 10.2 Å². The number of ether oxygens (including phenoxy) is 1. The lowest BCUT2D eigenvalue weighted by Crippen LogP contribution is -2.20. The fraction of sp³-hybridized carbons (Fsp3) is 0.100. The van der Waals surface area contributed by atoms with E-state index in [1.807, 2.05) is 37.3 Å². The molecular weight excluding hydrogens is 436 g/mol. The molecule has 9 heteroatoms. The minimum atomic E-state index is -0.329. The lowest BCUT2D eigenvalue weighted by atomic mass is 10.1. The molecule has 8 nitrogen and oxygen atoms in total. The summed E-state index contributed by atoms with van der Waals surface area (Å²) in [7, 11) is 0.